The quantitative estimate of drug-likeness (QED) is 0.273. The zero-order chi connectivity index (χ0) is 7.44. The minimum atomic E-state index is -0.333. The van der Waals surface area contributed by atoms with Crippen molar-refractivity contribution in [2.45, 2.75) is 0 Å². The molecule has 0 rings (SSSR count). The van der Waals surface area contributed by atoms with E-state index >= 15 is 0 Å². The second-order valence-corrected chi connectivity index (χ2v) is 1.82. The number of amides is 2. The highest BCUT2D eigenvalue weighted by Gasteiger charge is 2.05. The van der Waals surface area contributed by atoms with Crippen LogP contribution in [0.2, 0.25) is 0 Å². The monoisotopic (exact) mass is 132 g/mol. The molecule has 3 N–H and O–H groups in total. The standard InChI is InChI=1S/C4H12N4O/c1-7(2)8(3)4(9)6-5/h5H2,1-3H3,(H,6,9). The third kappa shape index (κ3) is 2.29. The molecule has 0 aliphatic heterocycles. The van der Waals surface area contributed by atoms with Crippen LogP contribution in [-0.2, 0) is 0 Å². The molecule has 5 heteroatoms. The first kappa shape index (κ1) is 8.19. The van der Waals surface area contributed by atoms with E-state index in [1.807, 2.05) is 5.43 Å². The van der Waals surface area contributed by atoms with Gasteiger partial charge in [-0.1, -0.05) is 0 Å². The summed E-state index contributed by atoms with van der Waals surface area (Å²) in [6, 6.07) is -0.333. The number of hydrogen-bond donors (Lipinski definition) is 2. The summed E-state index contributed by atoms with van der Waals surface area (Å²) in [5, 5.41) is 2.96. The molecule has 0 saturated heterocycles. The number of urea groups is 1. The molecule has 0 saturated carbocycles. The summed E-state index contributed by atoms with van der Waals surface area (Å²) >= 11 is 0. The van der Waals surface area contributed by atoms with Crippen molar-refractivity contribution in [3.63, 3.8) is 0 Å². The van der Waals surface area contributed by atoms with Gasteiger partial charge in [0, 0.05) is 21.1 Å². The van der Waals surface area contributed by atoms with E-state index in [4.69, 9.17) is 5.84 Å². The van der Waals surface area contributed by atoms with Crippen molar-refractivity contribution in [1.82, 2.24) is 15.4 Å². The molecule has 9 heavy (non-hydrogen) atoms. The lowest BCUT2D eigenvalue weighted by Crippen LogP contribution is -2.47. The first-order valence-electron chi connectivity index (χ1n) is 2.51. The van der Waals surface area contributed by atoms with Gasteiger partial charge in [0.25, 0.3) is 0 Å². The lowest BCUT2D eigenvalue weighted by atomic mass is 10.9. The van der Waals surface area contributed by atoms with E-state index in [0.717, 1.165) is 0 Å². The minimum absolute atomic E-state index is 0.333. The van der Waals surface area contributed by atoms with Crippen LogP contribution in [0.15, 0.2) is 0 Å². The maximum absolute atomic E-state index is 10.6. The van der Waals surface area contributed by atoms with Gasteiger partial charge in [0.1, 0.15) is 0 Å². The fraction of sp³-hybridized carbons (Fsp3) is 0.750. The zero-order valence-corrected chi connectivity index (χ0v) is 5.88. The largest absolute Gasteiger partial charge is 0.345 e. The average molecular weight is 132 g/mol. The second kappa shape index (κ2) is 3.26. The highest BCUT2D eigenvalue weighted by molar-refractivity contribution is 5.72. The van der Waals surface area contributed by atoms with Crippen LogP contribution in [0.25, 0.3) is 0 Å². The number of carbonyl (C=O) groups excluding carboxylic acids is 1. The summed E-state index contributed by atoms with van der Waals surface area (Å²) < 4.78 is 0. The van der Waals surface area contributed by atoms with Gasteiger partial charge in [-0.05, 0) is 0 Å². The molecule has 2 amide bonds. The fourth-order valence-corrected chi connectivity index (χ4v) is 0.275. The first-order chi connectivity index (χ1) is 4.09. The maximum atomic E-state index is 10.6. The van der Waals surface area contributed by atoms with Crippen LogP contribution in [0.3, 0.4) is 0 Å². The van der Waals surface area contributed by atoms with Crippen molar-refractivity contribution in [3.8, 4) is 0 Å². The molecule has 0 spiro atoms. The highest BCUT2D eigenvalue weighted by Crippen LogP contribution is 1.83. The van der Waals surface area contributed by atoms with Crippen LogP contribution in [-0.4, -0.2) is 37.2 Å². The van der Waals surface area contributed by atoms with E-state index in [0.29, 0.717) is 0 Å². The van der Waals surface area contributed by atoms with E-state index in [1.165, 1.54) is 5.01 Å². The number of nitrogens with zero attached hydrogens (tertiary/aromatic N) is 2. The van der Waals surface area contributed by atoms with Gasteiger partial charge in [-0.2, -0.15) is 0 Å². The Labute approximate surface area is 54.3 Å². The first-order valence-corrected chi connectivity index (χ1v) is 2.51. The summed E-state index contributed by atoms with van der Waals surface area (Å²) in [7, 11) is 5.10. The Balaban J connectivity index is 3.72. The third-order valence-electron chi connectivity index (χ3n) is 1.02. The van der Waals surface area contributed by atoms with Crippen molar-refractivity contribution < 1.29 is 4.79 Å². The molecule has 0 aromatic carbocycles. The van der Waals surface area contributed by atoms with Crippen LogP contribution in [0.5, 0.6) is 0 Å². The molecule has 5 nitrogen and oxygen atoms in total. The Morgan fingerprint density at radius 2 is 1.89 bits per heavy atom. The summed E-state index contributed by atoms with van der Waals surface area (Å²) in [6.45, 7) is 0. The number of hydrazine groups is 2. The van der Waals surface area contributed by atoms with Gasteiger partial charge < -0.3 is 0 Å². The van der Waals surface area contributed by atoms with Crippen LogP contribution in [0.4, 0.5) is 4.79 Å². The Hall–Kier alpha value is -0.810. The molecule has 0 aliphatic rings. The Bertz CT molecular complexity index is 103. The highest BCUT2D eigenvalue weighted by atomic mass is 16.2. The SMILES string of the molecule is CN(C)N(C)C(=O)NN. The van der Waals surface area contributed by atoms with E-state index in [1.54, 1.807) is 26.2 Å². The minimum Gasteiger partial charge on any atom is -0.275 e. The summed E-state index contributed by atoms with van der Waals surface area (Å²) in [5.41, 5.74) is 1.99. The number of nitrogens with one attached hydrogen (secondary N) is 1. The van der Waals surface area contributed by atoms with Gasteiger partial charge in [0.15, 0.2) is 0 Å². The molecule has 0 radical (unpaired) electrons. The number of rotatable bonds is 1. The Kier molecular flexibility index (Phi) is 2.97. The van der Waals surface area contributed by atoms with Gasteiger partial charge >= 0.3 is 6.03 Å². The molecule has 54 valence electrons. The number of carbonyl (C=O) groups is 1. The smallest absolute Gasteiger partial charge is 0.275 e. The van der Waals surface area contributed by atoms with Crippen molar-refractivity contribution in [1.29, 1.82) is 0 Å². The lowest BCUT2D eigenvalue weighted by Gasteiger charge is -2.22. The van der Waals surface area contributed by atoms with Gasteiger partial charge in [-0.3, -0.25) is 10.4 Å². The molecule has 0 bridgehead atoms. The number of hydrogen-bond acceptors (Lipinski definition) is 3. The molecule has 0 aromatic heterocycles. The van der Waals surface area contributed by atoms with Gasteiger partial charge in [0.05, 0.1) is 0 Å². The summed E-state index contributed by atoms with van der Waals surface area (Å²) in [6.07, 6.45) is 0. The maximum Gasteiger partial charge on any atom is 0.345 e. The van der Waals surface area contributed by atoms with E-state index < -0.39 is 0 Å². The van der Waals surface area contributed by atoms with Gasteiger partial charge in [0.2, 0.25) is 0 Å². The molecular weight excluding hydrogens is 120 g/mol. The lowest BCUT2D eigenvalue weighted by molar-refractivity contribution is 0.0884. The van der Waals surface area contributed by atoms with E-state index in [9.17, 15) is 4.79 Å². The van der Waals surface area contributed by atoms with E-state index in [-0.39, 0.29) is 6.03 Å². The number of nitrogens with two attached hydrogens (primary N) is 1. The topological polar surface area (TPSA) is 61.6 Å². The summed E-state index contributed by atoms with van der Waals surface area (Å²) in [4.78, 5) is 10.6. The molecule has 0 aliphatic carbocycles. The molecule has 0 heterocycles. The van der Waals surface area contributed by atoms with Crippen LogP contribution in [0.1, 0.15) is 0 Å². The normalized spacial score (nSPS) is 9.44. The van der Waals surface area contributed by atoms with Crippen molar-refractivity contribution in [2.75, 3.05) is 21.1 Å². The van der Waals surface area contributed by atoms with E-state index in [2.05, 4.69) is 0 Å². The van der Waals surface area contributed by atoms with Crippen LogP contribution >= 0.6 is 0 Å². The third-order valence-corrected chi connectivity index (χ3v) is 1.02. The Morgan fingerprint density at radius 3 is 2.00 bits per heavy atom. The average Bonchev–Trinajstić information content (AvgIpc) is 1.84. The van der Waals surface area contributed by atoms with Crippen molar-refractivity contribution in [2.24, 2.45) is 5.84 Å². The van der Waals surface area contributed by atoms with Crippen molar-refractivity contribution >= 4 is 6.03 Å². The fourth-order valence-electron chi connectivity index (χ4n) is 0.275. The molecule has 0 atom stereocenters. The van der Waals surface area contributed by atoms with Crippen LogP contribution in [0, 0.1) is 0 Å². The van der Waals surface area contributed by atoms with Crippen LogP contribution < -0.4 is 11.3 Å². The second-order valence-electron chi connectivity index (χ2n) is 1.82. The predicted octanol–water partition coefficient (Wildman–Crippen LogP) is -1.02. The molecular formula is C4H12N4O. The Morgan fingerprint density at radius 1 is 1.44 bits per heavy atom. The summed E-state index contributed by atoms with van der Waals surface area (Å²) in [5.74, 6) is 4.84. The van der Waals surface area contributed by atoms with Gasteiger partial charge in [-0.25, -0.2) is 15.6 Å². The van der Waals surface area contributed by atoms with Gasteiger partial charge in [-0.15, -0.1) is 0 Å². The molecule has 0 fully saturated rings. The molecule has 0 unspecified atom stereocenters. The molecule has 0 aromatic rings. The predicted molar refractivity (Wildman–Crippen MR) is 34.2 cm³/mol. The van der Waals surface area contributed by atoms with Crippen molar-refractivity contribution in [3.05, 3.63) is 0 Å². The zero-order valence-electron chi connectivity index (χ0n) is 5.88.